The summed E-state index contributed by atoms with van der Waals surface area (Å²) >= 11 is 0. The van der Waals surface area contributed by atoms with E-state index in [0.29, 0.717) is 24.3 Å². The molecule has 21 heavy (non-hydrogen) atoms. The van der Waals surface area contributed by atoms with E-state index >= 15 is 0 Å². The highest BCUT2D eigenvalue weighted by Crippen LogP contribution is 2.25. The molecule has 2 atom stereocenters. The zero-order chi connectivity index (χ0) is 13.9. The summed E-state index contributed by atoms with van der Waals surface area (Å²) in [6.45, 7) is 5.11. The van der Waals surface area contributed by atoms with Crippen molar-refractivity contribution in [3.63, 3.8) is 0 Å². The van der Waals surface area contributed by atoms with Gasteiger partial charge in [0.2, 0.25) is 5.91 Å². The van der Waals surface area contributed by atoms with Gasteiger partial charge in [0.15, 0.2) is 0 Å². The van der Waals surface area contributed by atoms with Crippen molar-refractivity contribution in [1.82, 2.24) is 10.2 Å². The first-order chi connectivity index (χ1) is 9.72. The van der Waals surface area contributed by atoms with Crippen LogP contribution in [0.2, 0.25) is 0 Å². The number of nitrogens with zero attached hydrogens (tertiary/aromatic N) is 1. The van der Waals surface area contributed by atoms with Crippen LogP contribution in [0, 0.1) is 12.8 Å². The molecule has 2 aliphatic rings. The van der Waals surface area contributed by atoms with Crippen LogP contribution >= 0.6 is 12.4 Å². The molecule has 4 heteroatoms. The van der Waals surface area contributed by atoms with Crippen molar-refractivity contribution in [2.45, 2.75) is 38.6 Å². The number of hydrogen-bond donors (Lipinski definition) is 1. The van der Waals surface area contributed by atoms with E-state index in [1.54, 1.807) is 0 Å². The molecule has 116 valence electrons. The fraction of sp³-hybridized carbons (Fsp3) is 0.588. The zero-order valence-electron chi connectivity index (χ0n) is 12.7. The molecule has 2 saturated heterocycles. The molecular weight excluding hydrogens is 284 g/mol. The highest BCUT2D eigenvalue weighted by atomic mass is 35.5. The Morgan fingerprint density at radius 3 is 2.81 bits per heavy atom. The van der Waals surface area contributed by atoms with E-state index < -0.39 is 0 Å². The number of carbonyl (C=O) groups is 1. The highest BCUT2D eigenvalue weighted by molar-refractivity contribution is 5.85. The topological polar surface area (TPSA) is 32.3 Å². The largest absolute Gasteiger partial charge is 0.342 e. The van der Waals surface area contributed by atoms with Gasteiger partial charge in [-0.2, -0.15) is 0 Å². The fourth-order valence-electron chi connectivity index (χ4n) is 3.44. The summed E-state index contributed by atoms with van der Waals surface area (Å²) in [6, 6.07) is 9.17. The van der Waals surface area contributed by atoms with Crippen molar-refractivity contribution in [2.24, 2.45) is 5.92 Å². The molecule has 0 radical (unpaired) electrons. The summed E-state index contributed by atoms with van der Waals surface area (Å²) in [5.41, 5.74) is 2.54. The Morgan fingerprint density at radius 1 is 1.29 bits per heavy atom. The Labute approximate surface area is 133 Å². The second-order valence-corrected chi connectivity index (χ2v) is 6.22. The number of fused-ring (bicyclic) bond motifs is 1. The normalized spacial score (nSPS) is 24.3. The minimum Gasteiger partial charge on any atom is -0.342 e. The van der Waals surface area contributed by atoms with Crippen LogP contribution in [0.1, 0.15) is 30.4 Å². The Kier molecular flexibility index (Phi) is 5.65. The van der Waals surface area contributed by atoms with E-state index in [1.807, 2.05) is 0 Å². The quantitative estimate of drug-likeness (QED) is 0.931. The van der Waals surface area contributed by atoms with Gasteiger partial charge >= 0.3 is 0 Å². The predicted octanol–water partition coefficient (Wildman–Crippen LogP) is 2.56. The molecular formula is C17H25ClN2O. The van der Waals surface area contributed by atoms with Crippen LogP contribution in [0.15, 0.2) is 24.3 Å². The Balaban J connectivity index is 0.00000161. The maximum Gasteiger partial charge on any atom is 0.222 e. The first-order valence-electron chi connectivity index (χ1n) is 7.79. The Hall–Kier alpha value is -1.06. The van der Waals surface area contributed by atoms with Gasteiger partial charge in [0, 0.05) is 25.6 Å². The van der Waals surface area contributed by atoms with Crippen LogP contribution in [-0.4, -0.2) is 36.5 Å². The number of carbonyl (C=O) groups excluding carboxylic acids is 1. The van der Waals surface area contributed by atoms with Crippen molar-refractivity contribution in [1.29, 1.82) is 0 Å². The fourth-order valence-corrected chi connectivity index (χ4v) is 3.44. The molecule has 1 N–H and O–H groups in total. The lowest BCUT2D eigenvalue weighted by Gasteiger charge is -2.35. The third-order valence-electron chi connectivity index (χ3n) is 4.76. The van der Waals surface area contributed by atoms with Crippen LogP contribution in [0.4, 0.5) is 0 Å². The molecule has 2 aliphatic heterocycles. The van der Waals surface area contributed by atoms with Gasteiger partial charge in [-0.15, -0.1) is 12.4 Å². The number of rotatable bonds is 3. The summed E-state index contributed by atoms with van der Waals surface area (Å²) in [7, 11) is 0. The molecule has 0 aromatic heterocycles. The number of likely N-dealkylation sites (tertiary alicyclic amines) is 1. The summed E-state index contributed by atoms with van der Waals surface area (Å²) in [5.74, 6) is 1.02. The summed E-state index contributed by atoms with van der Waals surface area (Å²) < 4.78 is 0. The van der Waals surface area contributed by atoms with Crippen LogP contribution in [0.25, 0.3) is 0 Å². The lowest BCUT2D eigenvalue weighted by Crippen LogP contribution is -2.46. The molecule has 1 amide bonds. The standard InChI is InChI=1S/C17H24N2O.ClH/c1-13-2-4-14(5-3-13)6-7-17(20)19-11-9-16-15(12-19)8-10-18-16;/h2-5,15-16,18H,6-12H2,1H3;1H. The van der Waals surface area contributed by atoms with E-state index in [1.165, 1.54) is 17.5 Å². The summed E-state index contributed by atoms with van der Waals surface area (Å²) in [4.78, 5) is 14.4. The van der Waals surface area contributed by atoms with Crippen molar-refractivity contribution >= 4 is 18.3 Å². The van der Waals surface area contributed by atoms with Gasteiger partial charge in [0.05, 0.1) is 0 Å². The van der Waals surface area contributed by atoms with Crippen LogP contribution in [-0.2, 0) is 11.2 Å². The highest BCUT2D eigenvalue weighted by Gasteiger charge is 2.33. The molecule has 3 rings (SSSR count). The Morgan fingerprint density at radius 2 is 2.05 bits per heavy atom. The van der Waals surface area contributed by atoms with E-state index in [9.17, 15) is 4.79 Å². The molecule has 0 bridgehead atoms. The second-order valence-electron chi connectivity index (χ2n) is 6.22. The Bertz CT molecular complexity index is 474. The van der Waals surface area contributed by atoms with Crippen LogP contribution < -0.4 is 5.32 Å². The lowest BCUT2D eigenvalue weighted by atomic mass is 9.93. The minimum absolute atomic E-state index is 0. The molecule has 1 aromatic carbocycles. The van der Waals surface area contributed by atoms with Gasteiger partial charge in [0.25, 0.3) is 0 Å². The van der Waals surface area contributed by atoms with E-state index in [2.05, 4.69) is 41.4 Å². The van der Waals surface area contributed by atoms with Crippen molar-refractivity contribution in [3.05, 3.63) is 35.4 Å². The van der Waals surface area contributed by atoms with Gasteiger partial charge in [-0.25, -0.2) is 0 Å². The number of halogens is 1. The minimum atomic E-state index is 0. The first-order valence-corrected chi connectivity index (χ1v) is 7.79. The number of hydrogen-bond acceptors (Lipinski definition) is 2. The lowest BCUT2D eigenvalue weighted by molar-refractivity contribution is -0.133. The maximum atomic E-state index is 12.3. The first kappa shape index (κ1) is 16.3. The van der Waals surface area contributed by atoms with Gasteiger partial charge in [0.1, 0.15) is 0 Å². The summed E-state index contributed by atoms with van der Waals surface area (Å²) in [6.07, 6.45) is 3.86. The molecule has 0 spiro atoms. The third-order valence-corrected chi connectivity index (χ3v) is 4.76. The number of aryl methyl sites for hydroxylation is 2. The number of piperidine rings is 1. The number of amides is 1. The molecule has 2 fully saturated rings. The molecule has 3 nitrogen and oxygen atoms in total. The second kappa shape index (κ2) is 7.28. The molecule has 2 unspecified atom stereocenters. The zero-order valence-corrected chi connectivity index (χ0v) is 13.5. The van der Waals surface area contributed by atoms with E-state index in [4.69, 9.17) is 0 Å². The smallest absolute Gasteiger partial charge is 0.222 e. The molecule has 0 saturated carbocycles. The van der Waals surface area contributed by atoms with Gasteiger partial charge in [-0.3, -0.25) is 4.79 Å². The molecule has 0 aliphatic carbocycles. The van der Waals surface area contributed by atoms with Crippen LogP contribution in [0.3, 0.4) is 0 Å². The average molecular weight is 309 g/mol. The molecule has 1 aromatic rings. The SMILES string of the molecule is Cc1ccc(CCC(=O)N2CCC3NCCC3C2)cc1.Cl. The maximum absolute atomic E-state index is 12.3. The van der Waals surface area contributed by atoms with Crippen LogP contribution in [0.5, 0.6) is 0 Å². The van der Waals surface area contributed by atoms with Gasteiger partial charge < -0.3 is 10.2 Å². The number of nitrogens with one attached hydrogen (secondary N) is 1. The van der Waals surface area contributed by atoms with Gasteiger partial charge in [-0.05, 0) is 44.2 Å². The molecule has 2 heterocycles. The monoisotopic (exact) mass is 308 g/mol. The average Bonchev–Trinajstić information content (AvgIpc) is 2.93. The van der Waals surface area contributed by atoms with Crippen molar-refractivity contribution in [3.8, 4) is 0 Å². The van der Waals surface area contributed by atoms with Gasteiger partial charge in [-0.1, -0.05) is 29.8 Å². The van der Waals surface area contributed by atoms with Crippen molar-refractivity contribution < 1.29 is 4.79 Å². The summed E-state index contributed by atoms with van der Waals surface area (Å²) in [5, 5.41) is 3.54. The van der Waals surface area contributed by atoms with E-state index in [-0.39, 0.29) is 12.4 Å². The predicted molar refractivity (Wildman–Crippen MR) is 87.8 cm³/mol. The van der Waals surface area contributed by atoms with E-state index in [0.717, 1.165) is 32.5 Å². The van der Waals surface area contributed by atoms with Crippen molar-refractivity contribution in [2.75, 3.05) is 19.6 Å². The third kappa shape index (κ3) is 3.98. The number of benzene rings is 1.